The molecule has 1 aliphatic rings. The van der Waals surface area contributed by atoms with Crippen LogP contribution in [0.15, 0.2) is 24.3 Å². The first kappa shape index (κ1) is 19.8. The molecule has 1 aromatic carbocycles. The monoisotopic (exact) mass is 382 g/mol. The second-order valence-electron chi connectivity index (χ2n) is 5.78. The zero-order valence-electron chi connectivity index (χ0n) is 14.4. The van der Waals surface area contributed by atoms with Gasteiger partial charge in [-0.1, -0.05) is 18.2 Å². The van der Waals surface area contributed by atoms with Gasteiger partial charge in [0.1, 0.15) is 6.29 Å². The standard InChI is InChI=1S/C18H22O5S2/c1-22-16(20)18(17(21)23-2)7-4-9-24-15(25-10-8-18)14-6-3-5-13(11-14)12-19/h3,5-6,11-12,15H,4,7-10H2,1-2H3. The van der Waals surface area contributed by atoms with E-state index in [1.165, 1.54) is 14.2 Å². The number of hydrogen-bond donors (Lipinski definition) is 0. The molecule has 1 aromatic rings. The van der Waals surface area contributed by atoms with Crippen molar-refractivity contribution in [1.82, 2.24) is 0 Å². The zero-order valence-corrected chi connectivity index (χ0v) is 16.0. The molecule has 1 aliphatic heterocycles. The van der Waals surface area contributed by atoms with Crippen molar-refractivity contribution in [3.63, 3.8) is 0 Å². The molecule has 0 aromatic heterocycles. The smallest absolute Gasteiger partial charge is 0.323 e. The predicted molar refractivity (Wildman–Crippen MR) is 99.8 cm³/mol. The van der Waals surface area contributed by atoms with Crippen LogP contribution in [0.25, 0.3) is 0 Å². The molecule has 1 fully saturated rings. The first-order valence-corrected chi connectivity index (χ1v) is 10.1. The molecule has 0 bridgehead atoms. The van der Waals surface area contributed by atoms with Crippen LogP contribution in [0.2, 0.25) is 0 Å². The number of methoxy groups -OCH3 is 2. The lowest BCUT2D eigenvalue weighted by Crippen LogP contribution is -2.42. The average Bonchev–Trinajstić information content (AvgIpc) is 2.77. The van der Waals surface area contributed by atoms with E-state index >= 15 is 0 Å². The van der Waals surface area contributed by atoms with Crippen LogP contribution in [-0.2, 0) is 19.1 Å². The van der Waals surface area contributed by atoms with Crippen LogP contribution < -0.4 is 0 Å². The summed E-state index contributed by atoms with van der Waals surface area (Å²) in [6.45, 7) is 0. The van der Waals surface area contributed by atoms with E-state index < -0.39 is 17.4 Å². The predicted octanol–water partition coefficient (Wildman–Crippen LogP) is 3.48. The van der Waals surface area contributed by atoms with Gasteiger partial charge in [-0.15, -0.1) is 23.5 Å². The van der Waals surface area contributed by atoms with Crippen LogP contribution in [0.5, 0.6) is 0 Å². The Morgan fingerprint density at radius 3 is 2.44 bits per heavy atom. The van der Waals surface area contributed by atoms with E-state index in [-0.39, 0.29) is 4.58 Å². The normalized spacial score (nSPS) is 20.5. The second-order valence-corrected chi connectivity index (χ2v) is 8.50. The Morgan fingerprint density at radius 2 is 1.80 bits per heavy atom. The molecule has 0 spiro atoms. The van der Waals surface area contributed by atoms with E-state index in [4.69, 9.17) is 9.47 Å². The molecule has 0 N–H and O–H groups in total. The summed E-state index contributed by atoms with van der Waals surface area (Å²) in [5, 5.41) is 0. The van der Waals surface area contributed by atoms with Gasteiger partial charge in [0.2, 0.25) is 0 Å². The number of carbonyl (C=O) groups excluding carboxylic acids is 3. The lowest BCUT2D eigenvalue weighted by molar-refractivity contribution is -0.170. The molecule has 1 atom stereocenters. The van der Waals surface area contributed by atoms with Crippen LogP contribution in [0.1, 0.15) is 39.8 Å². The van der Waals surface area contributed by atoms with Crippen molar-refractivity contribution in [2.75, 3.05) is 25.7 Å². The molecule has 0 saturated carbocycles. The molecule has 1 heterocycles. The fourth-order valence-corrected chi connectivity index (χ4v) is 5.78. The minimum Gasteiger partial charge on any atom is -0.468 e. The van der Waals surface area contributed by atoms with Gasteiger partial charge in [0.15, 0.2) is 5.41 Å². The summed E-state index contributed by atoms with van der Waals surface area (Å²) in [7, 11) is 2.60. The topological polar surface area (TPSA) is 69.7 Å². The number of thioether (sulfide) groups is 2. The third-order valence-corrected chi connectivity index (χ3v) is 7.22. The van der Waals surface area contributed by atoms with Crippen molar-refractivity contribution in [2.45, 2.75) is 23.8 Å². The second kappa shape index (κ2) is 9.29. The fraction of sp³-hybridized carbons (Fsp3) is 0.500. The number of benzene rings is 1. The van der Waals surface area contributed by atoms with Crippen LogP contribution in [-0.4, -0.2) is 44.0 Å². The number of rotatable bonds is 4. The molecular weight excluding hydrogens is 360 g/mol. The fourth-order valence-electron chi connectivity index (χ4n) is 2.93. The number of aldehydes is 1. The van der Waals surface area contributed by atoms with Gasteiger partial charge in [-0.2, -0.15) is 0 Å². The van der Waals surface area contributed by atoms with Crippen LogP contribution in [0.3, 0.4) is 0 Å². The van der Waals surface area contributed by atoms with Gasteiger partial charge in [0.05, 0.1) is 18.8 Å². The summed E-state index contributed by atoms with van der Waals surface area (Å²) >= 11 is 3.44. The van der Waals surface area contributed by atoms with Crippen molar-refractivity contribution in [3.8, 4) is 0 Å². The highest BCUT2D eigenvalue weighted by atomic mass is 32.2. The van der Waals surface area contributed by atoms with Gasteiger partial charge < -0.3 is 9.47 Å². The molecule has 2 rings (SSSR count). The van der Waals surface area contributed by atoms with Crippen molar-refractivity contribution in [2.24, 2.45) is 5.41 Å². The summed E-state index contributed by atoms with van der Waals surface area (Å²) in [6.07, 6.45) is 2.34. The van der Waals surface area contributed by atoms with Gasteiger partial charge in [-0.25, -0.2) is 0 Å². The van der Waals surface area contributed by atoms with E-state index in [0.29, 0.717) is 30.6 Å². The number of carbonyl (C=O) groups is 3. The molecule has 0 amide bonds. The molecule has 0 aliphatic carbocycles. The van der Waals surface area contributed by atoms with Crippen LogP contribution in [0.4, 0.5) is 0 Å². The van der Waals surface area contributed by atoms with Gasteiger partial charge >= 0.3 is 11.9 Å². The summed E-state index contributed by atoms with van der Waals surface area (Å²) in [5.41, 5.74) is 0.497. The summed E-state index contributed by atoms with van der Waals surface area (Å²) < 4.78 is 9.96. The van der Waals surface area contributed by atoms with Crippen molar-refractivity contribution < 1.29 is 23.9 Å². The van der Waals surface area contributed by atoms with Crippen LogP contribution >= 0.6 is 23.5 Å². The minimum absolute atomic E-state index is 0.158. The number of esters is 2. The molecule has 25 heavy (non-hydrogen) atoms. The third-order valence-electron chi connectivity index (χ3n) is 4.29. The van der Waals surface area contributed by atoms with E-state index in [1.807, 2.05) is 18.2 Å². The molecule has 7 heteroatoms. The maximum Gasteiger partial charge on any atom is 0.323 e. The number of ether oxygens (including phenoxy) is 2. The average molecular weight is 383 g/mol. The Balaban J connectivity index is 2.19. The minimum atomic E-state index is -1.23. The zero-order chi connectivity index (χ0) is 18.3. The largest absolute Gasteiger partial charge is 0.468 e. The SMILES string of the molecule is COC(=O)C1(C(=O)OC)CCCSC(c2cccc(C=O)c2)SCC1. The van der Waals surface area contributed by atoms with Gasteiger partial charge in [0.25, 0.3) is 0 Å². The highest BCUT2D eigenvalue weighted by Gasteiger charge is 2.47. The Morgan fingerprint density at radius 1 is 1.12 bits per heavy atom. The third kappa shape index (κ3) is 4.58. The molecule has 136 valence electrons. The summed E-state index contributed by atoms with van der Waals surface area (Å²) in [5.74, 6) is 0.379. The van der Waals surface area contributed by atoms with Crippen LogP contribution in [0, 0.1) is 5.41 Å². The Labute approximate surface area is 156 Å². The molecule has 1 saturated heterocycles. The summed E-state index contributed by atoms with van der Waals surface area (Å²) in [4.78, 5) is 35.7. The quantitative estimate of drug-likeness (QED) is 0.448. The first-order chi connectivity index (χ1) is 12.1. The Hall–Kier alpha value is -1.47. The molecule has 0 radical (unpaired) electrons. The Kier molecular flexibility index (Phi) is 7.38. The molecular formula is C18H22O5S2. The first-order valence-electron chi connectivity index (χ1n) is 8.02. The highest BCUT2D eigenvalue weighted by molar-refractivity contribution is 8.16. The lowest BCUT2D eigenvalue weighted by atomic mass is 9.80. The van der Waals surface area contributed by atoms with Gasteiger partial charge in [0, 0.05) is 5.56 Å². The lowest BCUT2D eigenvalue weighted by Gasteiger charge is -2.27. The van der Waals surface area contributed by atoms with E-state index in [0.717, 1.165) is 17.6 Å². The van der Waals surface area contributed by atoms with Gasteiger partial charge in [-0.3, -0.25) is 14.4 Å². The highest BCUT2D eigenvalue weighted by Crippen LogP contribution is 2.45. The van der Waals surface area contributed by atoms with Gasteiger partial charge in [-0.05, 0) is 42.4 Å². The van der Waals surface area contributed by atoms with E-state index in [9.17, 15) is 14.4 Å². The Bertz CT molecular complexity index is 616. The van der Waals surface area contributed by atoms with Crippen molar-refractivity contribution >= 4 is 41.7 Å². The van der Waals surface area contributed by atoms with Crippen molar-refractivity contribution in [1.29, 1.82) is 0 Å². The molecule has 1 unspecified atom stereocenters. The van der Waals surface area contributed by atoms with E-state index in [2.05, 4.69) is 0 Å². The maximum atomic E-state index is 12.3. The maximum absolute atomic E-state index is 12.3. The molecule has 5 nitrogen and oxygen atoms in total. The van der Waals surface area contributed by atoms with Crippen molar-refractivity contribution in [3.05, 3.63) is 35.4 Å². The summed E-state index contributed by atoms with van der Waals surface area (Å²) in [6, 6.07) is 7.55. The number of hydrogen-bond acceptors (Lipinski definition) is 7. The van der Waals surface area contributed by atoms with E-state index in [1.54, 1.807) is 29.6 Å².